The largest absolute Gasteiger partial charge is 0.398 e. The van der Waals surface area contributed by atoms with Gasteiger partial charge in [-0.1, -0.05) is 0 Å². The van der Waals surface area contributed by atoms with Crippen LogP contribution in [-0.2, 0) is 7.05 Å². The molecule has 0 bridgehead atoms. The van der Waals surface area contributed by atoms with Crippen molar-refractivity contribution in [3.05, 3.63) is 22.8 Å². The number of halogens is 1. The Hall–Kier alpha value is -1.03. The Morgan fingerprint density at radius 1 is 1.50 bits per heavy atom. The first-order valence-electron chi connectivity index (χ1n) is 3.55. The summed E-state index contributed by atoms with van der Waals surface area (Å²) >= 11 is 3.37. The Morgan fingerprint density at radius 2 is 2.25 bits per heavy atom. The Bertz CT molecular complexity index is 433. The number of fused-ring (bicyclic) bond motifs is 1. The number of anilines is 1. The van der Waals surface area contributed by atoms with E-state index in [4.69, 9.17) is 5.73 Å². The van der Waals surface area contributed by atoms with Gasteiger partial charge in [0, 0.05) is 22.6 Å². The maximum absolute atomic E-state index is 5.71. The van der Waals surface area contributed by atoms with Gasteiger partial charge in [-0.15, -0.1) is 0 Å². The zero-order chi connectivity index (χ0) is 8.72. The maximum Gasteiger partial charge on any atom is 0.0691 e. The predicted octanol–water partition coefficient (Wildman–Crippen LogP) is 1.92. The molecule has 0 spiro atoms. The molecule has 12 heavy (non-hydrogen) atoms. The SMILES string of the molecule is Cn1ncc2cc(N)c(Br)cc21. The predicted molar refractivity (Wildman–Crippen MR) is 52.8 cm³/mol. The lowest BCUT2D eigenvalue weighted by Crippen LogP contribution is -1.90. The second-order valence-corrected chi connectivity index (χ2v) is 3.56. The van der Waals surface area contributed by atoms with Crippen LogP contribution in [0.2, 0.25) is 0 Å². The molecule has 1 heterocycles. The monoisotopic (exact) mass is 225 g/mol. The van der Waals surface area contributed by atoms with Crippen molar-refractivity contribution in [2.24, 2.45) is 7.05 Å². The highest BCUT2D eigenvalue weighted by Crippen LogP contribution is 2.25. The van der Waals surface area contributed by atoms with Crippen LogP contribution >= 0.6 is 15.9 Å². The van der Waals surface area contributed by atoms with Crippen molar-refractivity contribution in [2.45, 2.75) is 0 Å². The van der Waals surface area contributed by atoms with Gasteiger partial charge in [-0.25, -0.2) is 0 Å². The van der Waals surface area contributed by atoms with Gasteiger partial charge in [0.15, 0.2) is 0 Å². The van der Waals surface area contributed by atoms with E-state index in [-0.39, 0.29) is 0 Å². The van der Waals surface area contributed by atoms with Gasteiger partial charge in [0.2, 0.25) is 0 Å². The molecule has 0 aliphatic carbocycles. The molecule has 1 aromatic heterocycles. The minimum absolute atomic E-state index is 0.746. The van der Waals surface area contributed by atoms with E-state index in [1.54, 1.807) is 6.20 Å². The maximum atomic E-state index is 5.71. The van der Waals surface area contributed by atoms with Crippen molar-refractivity contribution >= 4 is 32.5 Å². The van der Waals surface area contributed by atoms with Gasteiger partial charge in [-0.05, 0) is 28.1 Å². The molecule has 0 fully saturated rings. The summed E-state index contributed by atoms with van der Waals surface area (Å²) in [5.74, 6) is 0. The Balaban J connectivity index is 2.87. The van der Waals surface area contributed by atoms with Crippen molar-refractivity contribution in [1.29, 1.82) is 0 Å². The first-order chi connectivity index (χ1) is 5.68. The smallest absolute Gasteiger partial charge is 0.0691 e. The van der Waals surface area contributed by atoms with E-state index in [0.29, 0.717) is 0 Å². The van der Waals surface area contributed by atoms with Gasteiger partial charge in [-0.2, -0.15) is 5.10 Å². The Kier molecular flexibility index (Phi) is 1.58. The van der Waals surface area contributed by atoms with E-state index in [1.807, 2.05) is 23.9 Å². The van der Waals surface area contributed by atoms with Crippen LogP contribution in [0.1, 0.15) is 0 Å². The molecule has 0 aliphatic rings. The summed E-state index contributed by atoms with van der Waals surface area (Å²) < 4.78 is 2.73. The fourth-order valence-electron chi connectivity index (χ4n) is 1.19. The van der Waals surface area contributed by atoms with Crippen molar-refractivity contribution in [3.63, 3.8) is 0 Å². The normalized spacial score (nSPS) is 10.8. The summed E-state index contributed by atoms with van der Waals surface area (Å²) in [7, 11) is 1.91. The van der Waals surface area contributed by atoms with Gasteiger partial charge in [0.1, 0.15) is 0 Å². The first kappa shape index (κ1) is 7.61. The van der Waals surface area contributed by atoms with Crippen LogP contribution in [0.15, 0.2) is 22.8 Å². The lowest BCUT2D eigenvalue weighted by Gasteiger charge is -1.98. The highest BCUT2D eigenvalue weighted by Gasteiger charge is 2.02. The van der Waals surface area contributed by atoms with E-state index in [0.717, 1.165) is 21.1 Å². The molecule has 0 saturated carbocycles. The van der Waals surface area contributed by atoms with E-state index in [9.17, 15) is 0 Å². The zero-order valence-electron chi connectivity index (χ0n) is 6.58. The van der Waals surface area contributed by atoms with Gasteiger partial charge < -0.3 is 5.73 Å². The van der Waals surface area contributed by atoms with Gasteiger partial charge in [0.25, 0.3) is 0 Å². The van der Waals surface area contributed by atoms with Gasteiger partial charge >= 0.3 is 0 Å². The van der Waals surface area contributed by atoms with E-state index in [1.165, 1.54) is 0 Å². The van der Waals surface area contributed by atoms with Crippen LogP contribution < -0.4 is 5.73 Å². The van der Waals surface area contributed by atoms with Crippen LogP contribution in [0.4, 0.5) is 5.69 Å². The summed E-state index contributed by atoms with van der Waals surface area (Å²) in [6.45, 7) is 0. The molecule has 2 rings (SSSR count). The average molecular weight is 226 g/mol. The lowest BCUT2D eigenvalue weighted by atomic mass is 10.2. The highest BCUT2D eigenvalue weighted by atomic mass is 79.9. The van der Waals surface area contributed by atoms with Crippen LogP contribution in [0, 0.1) is 0 Å². The number of aromatic nitrogens is 2. The molecule has 0 radical (unpaired) electrons. The number of benzene rings is 1. The quantitative estimate of drug-likeness (QED) is 0.697. The highest BCUT2D eigenvalue weighted by molar-refractivity contribution is 9.10. The molecule has 1 aromatic carbocycles. The third kappa shape index (κ3) is 0.992. The molecule has 0 atom stereocenters. The number of nitrogens with two attached hydrogens (primary N) is 1. The third-order valence-corrected chi connectivity index (χ3v) is 2.55. The number of rotatable bonds is 0. The topological polar surface area (TPSA) is 43.8 Å². The Morgan fingerprint density at radius 3 is 3.00 bits per heavy atom. The molecule has 0 unspecified atom stereocenters. The van der Waals surface area contributed by atoms with Gasteiger partial charge in [-0.3, -0.25) is 4.68 Å². The number of hydrogen-bond donors (Lipinski definition) is 1. The fraction of sp³-hybridized carbons (Fsp3) is 0.125. The Labute approximate surface area is 78.3 Å². The molecule has 2 N–H and O–H groups in total. The third-order valence-electron chi connectivity index (χ3n) is 1.86. The molecular weight excluding hydrogens is 218 g/mol. The lowest BCUT2D eigenvalue weighted by molar-refractivity contribution is 0.797. The summed E-state index contributed by atoms with van der Waals surface area (Å²) in [4.78, 5) is 0. The second-order valence-electron chi connectivity index (χ2n) is 2.70. The number of aryl methyl sites for hydroxylation is 1. The van der Waals surface area contributed by atoms with Crippen molar-refractivity contribution in [2.75, 3.05) is 5.73 Å². The average Bonchev–Trinajstić information content (AvgIpc) is 2.35. The minimum Gasteiger partial charge on any atom is -0.398 e. The molecule has 0 amide bonds. The molecule has 62 valence electrons. The first-order valence-corrected chi connectivity index (χ1v) is 4.34. The minimum atomic E-state index is 0.746. The summed E-state index contributed by atoms with van der Waals surface area (Å²) in [5, 5.41) is 5.19. The van der Waals surface area contributed by atoms with Crippen LogP contribution in [0.5, 0.6) is 0 Å². The summed E-state index contributed by atoms with van der Waals surface area (Å²) in [5.41, 5.74) is 7.54. The van der Waals surface area contributed by atoms with Crippen LogP contribution in [0.3, 0.4) is 0 Å². The number of hydrogen-bond acceptors (Lipinski definition) is 2. The summed E-state index contributed by atoms with van der Waals surface area (Å²) in [6, 6.07) is 3.88. The number of nitrogens with zero attached hydrogens (tertiary/aromatic N) is 2. The number of nitrogen functional groups attached to an aromatic ring is 1. The standard InChI is InChI=1S/C8H8BrN3/c1-12-8-3-6(9)7(10)2-5(8)4-11-12/h2-4H,10H2,1H3. The molecule has 2 aromatic rings. The van der Waals surface area contributed by atoms with E-state index in [2.05, 4.69) is 21.0 Å². The molecule has 0 saturated heterocycles. The second kappa shape index (κ2) is 2.48. The molecule has 0 aliphatic heterocycles. The molecule has 3 nitrogen and oxygen atoms in total. The fourth-order valence-corrected chi connectivity index (χ4v) is 1.52. The van der Waals surface area contributed by atoms with Crippen LogP contribution in [0.25, 0.3) is 10.9 Å². The summed E-state index contributed by atoms with van der Waals surface area (Å²) in [6.07, 6.45) is 1.80. The molecule has 4 heteroatoms. The molecular formula is C8H8BrN3. The van der Waals surface area contributed by atoms with E-state index < -0.39 is 0 Å². The van der Waals surface area contributed by atoms with Crippen molar-refractivity contribution in [3.8, 4) is 0 Å². The zero-order valence-corrected chi connectivity index (χ0v) is 8.17. The van der Waals surface area contributed by atoms with E-state index >= 15 is 0 Å². The van der Waals surface area contributed by atoms with Gasteiger partial charge in [0.05, 0.1) is 11.7 Å². The van der Waals surface area contributed by atoms with Crippen molar-refractivity contribution < 1.29 is 0 Å². The van der Waals surface area contributed by atoms with Crippen LogP contribution in [-0.4, -0.2) is 9.78 Å². The van der Waals surface area contributed by atoms with Crippen molar-refractivity contribution in [1.82, 2.24) is 9.78 Å².